The molecule has 0 N–H and O–H groups in total. The van der Waals surface area contributed by atoms with Crippen molar-refractivity contribution in [1.29, 1.82) is 5.26 Å². The fourth-order valence-electron chi connectivity index (χ4n) is 1.71. The molecule has 2 rings (SSSR count). The minimum Gasteiger partial charge on any atom is -0.192 e. The topological polar surface area (TPSA) is 23.8 Å². The minimum absolute atomic E-state index is 0.0258. The van der Waals surface area contributed by atoms with E-state index in [-0.39, 0.29) is 16.7 Å². The molecule has 2 aromatic carbocycles. The van der Waals surface area contributed by atoms with Gasteiger partial charge < -0.3 is 0 Å². The van der Waals surface area contributed by atoms with Crippen LogP contribution in [0.4, 0.5) is 13.2 Å². The van der Waals surface area contributed by atoms with Crippen LogP contribution in [-0.4, -0.2) is 0 Å². The van der Waals surface area contributed by atoms with Crippen LogP contribution in [0.2, 0.25) is 0 Å². The zero-order valence-corrected chi connectivity index (χ0v) is 9.12. The van der Waals surface area contributed by atoms with Crippen molar-refractivity contribution in [2.45, 2.75) is 6.18 Å². The fraction of sp³-hybridized carbons (Fsp3) is 0.0714. The molecule has 0 bridgehead atoms. The summed E-state index contributed by atoms with van der Waals surface area (Å²) in [4.78, 5) is 0. The van der Waals surface area contributed by atoms with Gasteiger partial charge in [0.15, 0.2) is 0 Å². The molecule has 0 saturated heterocycles. The van der Waals surface area contributed by atoms with E-state index in [0.29, 0.717) is 0 Å². The van der Waals surface area contributed by atoms with Crippen LogP contribution in [0.5, 0.6) is 0 Å². The van der Waals surface area contributed by atoms with Gasteiger partial charge in [0.2, 0.25) is 0 Å². The van der Waals surface area contributed by atoms with E-state index in [1.54, 1.807) is 12.1 Å². The van der Waals surface area contributed by atoms with E-state index in [1.807, 2.05) is 6.07 Å². The summed E-state index contributed by atoms with van der Waals surface area (Å²) in [5.41, 5.74) is -0.401. The molecule has 0 atom stereocenters. The summed E-state index contributed by atoms with van der Waals surface area (Å²) in [5.74, 6) is 0. The predicted octanol–water partition coefficient (Wildman–Crippen LogP) is 4.04. The zero-order valence-electron chi connectivity index (χ0n) is 9.12. The first-order chi connectivity index (χ1) is 8.54. The van der Waals surface area contributed by atoms with E-state index in [9.17, 15) is 13.2 Å². The van der Waals surface area contributed by atoms with E-state index < -0.39 is 11.7 Å². The second-order valence-electron chi connectivity index (χ2n) is 3.61. The number of benzene rings is 2. The Labute approximate surface area is 102 Å². The second-order valence-corrected chi connectivity index (χ2v) is 3.61. The summed E-state index contributed by atoms with van der Waals surface area (Å²) in [5, 5.41) is 8.93. The molecule has 89 valence electrons. The molecule has 0 spiro atoms. The number of rotatable bonds is 1. The van der Waals surface area contributed by atoms with Crippen LogP contribution in [0.1, 0.15) is 11.1 Å². The first-order valence-corrected chi connectivity index (χ1v) is 5.11. The van der Waals surface area contributed by atoms with Crippen LogP contribution < -0.4 is 0 Å². The molecule has 0 unspecified atom stereocenters. The highest BCUT2D eigenvalue weighted by atomic mass is 19.4. The van der Waals surface area contributed by atoms with Gasteiger partial charge in [0, 0.05) is 5.56 Å². The Balaban J connectivity index is 2.69. The van der Waals surface area contributed by atoms with E-state index in [2.05, 4.69) is 6.07 Å². The van der Waals surface area contributed by atoms with Gasteiger partial charge in [-0.2, -0.15) is 18.4 Å². The number of hydrogen-bond acceptors (Lipinski definition) is 1. The fourth-order valence-corrected chi connectivity index (χ4v) is 1.71. The lowest BCUT2D eigenvalue weighted by atomic mass is 9.96. The Morgan fingerprint density at radius 2 is 1.67 bits per heavy atom. The van der Waals surface area contributed by atoms with E-state index in [0.717, 1.165) is 0 Å². The normalized spacial score (nSPS) is 11.0. The predicted molar refractivity (Wildman–Crippen MR) is 60.4 cm³/mol. The summed E-state index contributed by atoms with van der Waals surface area (Å²) in [7, 11) is 0. The van der Waals surface area contributed by atoms with Gasteiger partial charge in [-0.25, -0.2) is 0 Å². The van der Waals surface area contributed by atoms with Crippen molar-refractivity contribution in [3.8, 4) is 17.2 Å². The summed E-state index contributed by atoms with van der Waals surface area (Å²) >= 11 is 0. The van der Waals surface area contributed by atoms with Crippen LogP contribution in [0, 0.1) is 17.4 Å². The molecule has 0 fully saturated rings. The Morgan fingerprint density at radius 1 is 1.00 bits per heavy atom. The lowest BCUT2D eigenvalue weighted by Crippen LogP contribution is -2.07. The number of nitrogens with zero attached hydrogens (tertiary/aromatic N) is 1. The molecular weight excluding hydrogens is 239 g/mol. The highest BCUT2D eigenvalue weighted by Crippen LogP contribution is 2.37. The van der Waals surface area contributed by atoms with E-state index in [1.165, 1.54) is 30.3 Å². The third-order valence-electron chi connectivity index (χ3n) is 2.48. The van der Waals surface area contributed by atoms with Crippen molar-refractivity contribution in [3.05, 3.63) is 59.7 Å². The van der Waals surface area contributed by atoms with Crippen LogP contribution in [0.3, 0.4) is 0 Å². The zero-order chi connectivity index (χ0) is 13.2. The first-order valence-electron chi connectivity index (χ1n) is 5.11. The SMILES string of the molecule is N#Cc1ccccc1-c1ccc[c]c1C(F)(F)F. The van der Waals surface area contributed by atoms with Gasteiger partial charge >= 0.3 is 6.18 Å². The number of halogens is 3. The van der Waals surface area contributed by atoms with Gasteiger partial charge in [0.1, 0.15) is 0 Å². The monoisotopic (exact) mass is 246 g/mol. The molecule has 0 aliphatic carbocycles. The third kappa shape index (κ3) is 2.21. The molecule has 0 heterocycles. The number of nitriles is 1. The van der Waals surface area contributed by atoms with Gasteiger partial charge in [-0.1, -0.05) is 36.4 Å². The summed E-state index contributed by atoms with van der Waals surface area (Å²) in [6.07, 6.45) is -4.49. The maximum absolute atomic E-state index is 12.9. The third-order valence-corrected chi connectivity index (χ3v) is 2.48. The molecule has 2 aromatic rings. The van der Waals surface area contributed by atoms with Crippen molar-refractivity contribution < 1.29 is 13.2 Å². The molecule has 0 saturated carbocycles. The highest BCUT2D eigenvalue weighted by Gasteiger charge is 2.33. The molecule has 0 aromatic heterocycles. The standard InChI is InChI=1S/C14H7F3N/c15-14(16,17)13-8-4-3-7-12(13)11-6-2-1-5-10(11)9-18/h1-7H. The molecule has 0 aliphatic heterocycles. The smallest absolute Gasteiger partial charge is 0.192 e. The average molecular weight is 246 g/mol. The Morgan fingerprint density at radius 3 is 2.33 bits per heavy atom. The largest absolute Gasteiger partial charge is 0.417 e. The minimum atomic E-state index is -4.49. The lowest BCUT2D eigenvalue weighted by molar-refractivity contribution is -0.137. The quantitative estimate of drug-likeness (QED) is 0.744. The Kier molecular flexibility index (Phi) is 3.07. The maximum Gasteiger partial charge on any atom is 0.417 e. The van der Waals surface area contributed by atoms with Crippen molar-refractivity contribution in [3.63, 3.8) is 0 Å². The van der Waals surface area contributed by atoms with E-state index >= 15 is 0 Å². The Bertz CT molecular complexity index is 609. The summed E-state index contributed by atoms with van der Waals surface area (Å²) in [6.45, 7) is 0. The van der Waals surface area contributed by atoms with Gasteiger partial charge in [-0.15, -0.1) is 0 Å². The Hall–Kier alpha value is -2.28. The molecular formula is C14H7F3N. The molecule has 4 heteroatoms. The highest BCUT2D eigenvalue weighted by molar-refractivity contribution is 5.73. The number of alkyl halides is 3. The average Bonchev–Trinajstić information content (AvgIpc) is 2.37. The summed E-state index contributed by atoms with van der Waals surface area (Å²) < 4.78 is 38.6. The first kappa shape index (κ1) is 12.2. The lowest BCUT2D eigenvalue weighted by Gasteiger charge is -2.13. The maximum atomic E-state index is 12.9. The van der Waals surface area contributed by atoms with Crippen molar-refractivity contribution >= 4 is 0 Å². The van der Waals surface area contributed by atoms with Gasteiger partial charge in [-0.05, 0) is 17.7 Å². The van der Waals surface area contributed by atoms with Crippen LogP contribution in [0.15, 0.2) is 42.5 Å². The van der Waals surface area contributed by atoms with Crippen molar-refractivity contribution in [1.82, 2.24) is 0 Å². The van der Waals surface area contributed by atoms with Crippen LogP contribution in [-0.2, 0) is 6.18 Å². The summed E-state index contributed by atoms with van der Waals surface area (Å²) in [6, 6.07) is 14.3. The van der Waals surface area contributed by atoms with Gasteiger partial charge in [0.05, 0.1) is 17.2 Å². The molecule has 18 heavy (non-hydrogen) atoms. The van der Waals surface area contributed by atoms with Gasteiger partial charge in [-0.3, -0.25) is 0 Å². The molecule has 0 amide bonds. The number of hydrogen-bond donors (Lipinski definition) is 0. The van der Waals surface area contributed by atoms with Gasteiger partial charge in [0.25, 0.3) is 0 Å². The molecule has 1 radical (unpaired) electrons. The van der Waals surface area contributed by atoms with Crippen LogP contribution in [0.25, 0.3) is 11.1 Å². The van der Waals surface area contributed by atoms with Crippen LogP contribution >= 0.6 is 0 Å². The van der Waals surface area contributed by atoms with E-state index in [4.69, 9.17) is 5.26 Å². The van der Waals surface area contributed by atoms with Crippen molar-refractivity contribution in [2.24, 2.45) is 0 Å². The molecule has 1 nitrogen and oxygen atoms in total. The second kappa shape index (κ2) is 4.53. The van der Waals surface area contributed by atoms with Crippen molar-refractivity contribution in [2.75, 3.05) is 0 Å². The molecule has 0 aliphatic rings.